The van der Waals surface area contributed by atoms with Gasteiger partial charge in [0.05, 0.1) is 23.0 Å². The Kier molecular flexibility index (Phi) is 2.96. The number of H-pyrrole nitrogens is 1. The van der Waals surface area contributed by atoms with Gasteiger partial charge in [0, 0.05) is 5.56 Å². The second-order valence-electron chi connectivity index (χ2n) is 6.20. The van der Waals surface area contributed by atoms with Gasteiger partial charge in [0.1, 0.15) is 0 Å². The van der Waals surface area contributed by atoms with Gasteiger partial charge in [-0.3, -0.25) is 14.2 Å². The lowest BCUT2D eigenvalue weighted by atomic mass is 9.92. The van der Waals surface area contributed by atoms with Crippen LogP contribution in [0.4, 0.5) is 0 Å². The third-order valence-electron chi connectivity index (χ3n) is 4.52. The van der Waals surface area contributed by atoms with Crippen LogP contribution in [-0.2, 0) is 12.1 Å². The van der Waals surface area contributed by atoms with Crippen LogP contribution in [-0.4, -0.2) is 15.5 Å². The Morgan fingerprint density at radius 1 is 1.00 bits per heavy atom. The van der Waals surface area contributed by atoms with E-state index in [-0.39, 0.29) is 18.0 Å². The molecular formula is C18H15N3O3. The van der Waals surface area contributed by atoms with Crippen LogP contribution in [0.25, 0.3) is 10.9 Å². The van der Waals surface area contributed by atoms with Crippen LogP contribution < -0.4 is 16.6 Å². The number of hydrogen-bond acceptors (Lipinski definition) is 3. The number of aromatic nitrogens is 2. The molecule has 1 aromatic heterocycles. The third-order valence-corrected chi connectivity index (χ3v) is 4.52. The number of fused-ring (bicyclic) bond motifs is 2. The number of carbonyl (C=O) groups is 1. The zero-order chi connectivity index (χ0) is 16.9. The van der Waals surface area contributed by atoms with E-state index >= 15 is 0 Å². The number of amides is 1. The summed E-state index contributed by atoms with van der Waals surface area (Å²) in [6.45, 7) is 1.88. The van der Waals surface area contributed by atoms with Crippen molar-refractivity contribution in [3.8, 4) is 0 Å². The summed E-state index contributed by atoms with van der Waals surface area (Å²) in [6, 6.07) is 14.1. The van der Waals surface area contributed by atoms with Crippen LogP contribution in [0, 0.1) is 0 Å². The summed E-state index contributed by atoms with van der Waals surface area (Å²) in [6.07, 6.45) is 0. The molecule has 6 heteroatoms. The normalized spacial score (nSPS) is 19.3. The molecule has 0 bridgehead atoms. The minimum Gasteiger partial charge on any atom is -0.341 e. The molecule has 4 rings (SSSR count). The molecule has 2 heterocycles. The quantitative estimate of drug-likeness (QED) is 0.747. The average molecular weight is 321 g/mol. The molecule has 0 fully saturated rings. The molecule has 0 saturated carbocycles. The van der Waals surface area contributed by atoms with Crippen molar-refractivity contribution in [3.05, 3.63) is 80.5 Å². The van der Waals surface area contributed by atoms with E-state index in [1.165, 1.54) is 0 Å². The summed E-state index contributed by atoms with van der Waals surface area (Å²) >= 11 is 0. The lowest BCUT2D eigenvalue weighted by molar-refractivity contribution is 0.0928. The molecule has 0 aliphatic carbocycles. The van der Waals surface area contributed by atoms with Crippen molar-refractivity contribution in [1.29, 1.82) is 0 Å². The number of hydrogen-bond donors (Lipinski definition) is 2. The standard InChI is InChI=1S/C18H15N3O3/c1-18(13-8-4-2-6-11(13)15(22)20-18)10-21-16(23)12-7-3-5-9-14(12)19-17(21)24/h2-9H,10H2,1H3,(H,19,24)(H,20,22). The molecule has 1 aliphatic heterocycles. The highest BCUT2D eigenvalue weighted by atomic mass is 16.2. The number of rotatable bonds is 2. The Morgan fingerprint density at radius 3 is 2.54 bits per heavy atom. The second kappa shape index (κ2) is 4.92. The molecule has 24 heavy (non-hydrogen) atoms. The van der Waals surface area contributed by atoms with E-state index in [1.54, 1.807) is 36.4 Å². The largest absolute Gasteiger partial charge is 0.341 e. The van der Waals surface area contributed by atoms with Crippen molar-refractivity contribution >= 4 is 16.8 Å². The molecule has 2 N–H and O–H groups in total. The molecule has 6 nitrogen and oxygen atoms in total. The molecule has 0 radical (unpaired) electrons. The van der Waals surface area contributed by atoms with E-state index in [4.69, 9.17) is 0 Å². The Hall–Kier alpha value is -3.15. The van der Waals surface area contributed by atoms with E-state index in [9.17, 15) is 14.4 Å². The minimum absolute atomic E-state index is 0.0642. The SMILES string of the molecule is CC1(Cn2c(=O)[nH]c3ccccc3c2=O)NC(=O)c2ccccc21. The zero-order valence-corrected chi connectivity index (χ0v) is 13.0. The molecular weight excluding hydrogens is 306 g/mol. The van der Waals surface area contributed by atoms with Gasteiger partial charge in [0.25, 0.3) is 11.5 Å². The summed E-state index contributed by atoms with van der Waals surface area (Å²) in [5.74, 6) is -0.196. The summed E-state index contributed by atoms with van der Waals surface area (Å²) in [4.78, 5) is 40.0. The van der Waals surface area contributed by atoms with Crippen LogP contribution >= 0.6 is 0 Å². The molecule has 1 amide bonds. The van der Waals surface area contributed by atoms with Gasteiger partial charge in [-0.2, -0.15) is 0 Å². The maximum absolute atomic E-state index is 12.7. The smallest absolute Gasteiger partial charge is 0.328 e. The van der Waals surface area contributed by atoms with Gasteiger partial charge < -0.3 is 10.3 Å². The van der Waals surface area contributed by atoms with Gasteiger partial charge in [-0.25, -0.2) is 4.79 Å². The molecule has 1 unspecified atom stereocenters. The van der Waals surface area contributed by atoms with Crippen LogP contribution in [0.15, 0.2) is 58.1 Å². The fourth-order valence-electron chi connectivity index (χ4n) is 3.33. The molecule has 0 saturated heterocycles. The predicted octanol–water partition coefficient (Wildman–Crippen LogP) is 1.35. The topological polar surface area (TPSA) is 84.0 Å². The lowest BCUT2D eigenvalue weighted by Gasteiger charge is -2.26. The number of nitrogens with zero attached hydrogens (tertiary/aromatic N) is 1. The number of para-hydroxylation sites is 1. The fourth-order valence-corrected chi connectivity index (χ4v) is 3.33. The maximum atomic E-state index is 12.7. The molecule has 1 aliphatic rings. The van der Waals surface area contributed by atoms with Crippen molar-refractivity contribution in [3.63, 3.8) is 0 Å². The van der Waals surface area contributed by atoms with Crippen molar-refractivity contribution < 1.29 is 4.79 Å². The van der Waals surface area contributed by atoms with Gasteiger partial charge in [-0.05, 0) is 30.7 Å². The van der Waals surface area contributed by atoms with E-state index in [2.05, 4.69) is 10.3 Å². The van der Waals surface area contributed by atoms with Crippen molar-refractivity contribution in [2.24, 2.45) is 0 Å². The van der Waals surface area contributed by atoms with E-state index in [1.807, 2.05) is 19.1 Å². The highest BCUT2D eigenvalue weighted by molar-refractivity contribution is 5.99. The Morgan fingerprint density at radius 2 is 1.71 bits per heavy atom. The second-order valence-corrected chi connectivity index (χ2v) is 6.20. The maximum Gasteiger partial charge on any atom is 0.328 e. The molecule has 1 atom stereocenters. The minimum atomic E-state index is -0.813. The highest BCUT2D eigenvalue weighted by Gasteiger charge is 2.39. The van der Waals surface area contributed by atoms with Gasteiger partial charge in [-0.15, -0.1) is 0 Å². The molecule has 120 valence electrons. The monoisotopic (exact) mass is 321 g/mol. The van der Waals surface area contributed by atoms with E-state index < -0.39 is 11.2 Å². The predicted molar refractivity (Wildman–Crippen MR) is 90.1 cm³/mol. The third kappa shape index (κ3) is 2.00. The first-order valence-corrected chi connectivity index (χ1v) is 7.63. The van der Waals surface area contributed by atoms with Gasteiger partial charge in [0.15, 0.2) is 0 Å². The number of carbonyl (C=O) groups excluding carboxylic acids is 1. The first-order valence-electron chi connectivity index (χ1n) is 7.63. The lowest BCUT2D eigenvalue weighted by Crippen LogP contribution is -2.47. The van der Waals surface area contributed by atoms with E-state index in [0.29, 0.717) is 16.5 Å². The first kappa shape index (κ1) is 14.4. The fraction of sp³-hybridized carbons (Fsp3) is 0.167. The highest BCUT2D eigenvalue weighted by Crippen LogP contribution is 2.31. The molecule has 2 aromatic carbocycles. The number of aromatic amines is 1. The number of benzene rings is 2. The van der Waals surface area contributed by atoms with Crippen LogP contribution in [0.2, 0.25) is 0 Å². The zero-order valence-electron chi connectivity index (χ0n) is 13.0. The van der Waals surface area contributed by atoms with Crippen molar-refractivity contribution in [2.75, 3.05) is 0 Å². The summed E-state index contributed by atoms with van der Waals surface area (Å²) in [7, 11) is 0. The van der Waals surface area contributed by atoms with Gasteiger partial charge in [-0.1, -0.05) is 30.3 Å². The van der Waals surface area contributed by atoms with E-state index in [0.717, 1.165) is 10.1 Å². The van der Waals surface area contributed by atoms with Crippen LogP contribution in [0.3, 0.4) is 0 Å². The summed E-state index contributed by atoms with van der Waals surface area (Å²) in [5.41, 5.74) is 0.199. The Labute approximate surface area is 136 Å². The average Bonchev–Trinajstić information content (AvgIpc) is 2.83. The van der Waals surface area contributed by atoms with Crippen molar-refractivity contribution in [1.82, 2.24) is 14.9 Å². The summed E-state index contributed by atoms with van der Waals surface area (Å²) in [5, 5.41) is 3.34. The van der Waals surface area contributed by atoms with Crippen LogP contribution in [0.1, 0.15) is 22.8 Å². The first-order chi connectivity index (χ1) is 11.5. The Bertz CT molecular complexity index is 1100. The Balaban J connectivity index is 1.88. The van der Waals surface area contributed by atoms with Crippen molar-refractivity contribution in [2.45, 2.75) is 19.0 Å². The summed E-state index contributed by atoms with van der Waals surface area (Å²) < 4.78 is 1.14. The van der Waals surface area contributed by atoms with Gasteiger partial charge >= 0.3 is 5.69 Å². The molecule has 3 aromatic rings. The number of nitrogens with one attached hydrogen (secondary N) is 2. The van der Waals surface area contributed by atoms with Gasteiger partial charge in [0.2, 0.25) is 0 Å². The van der Waals surface area contributed by atoms with Crippen LogP contribution in [0.5, 0.6) is 0 Å². The molecule has 0 spiro atoms.